The summed E-state index contributed by atoms with van der Waals surface area (Å²) in [6.45, 7) is 2.91. The van der Waals surface area contributed by atoms with Crippen molar-refractivity contribution in [1.82, 2.24) is 29.2 Å². The minimum absolute atomic E-state index is 0.851. The van der Waals surface area contributed by atoms with Gasteiger partial charge in [0.05, 0.1) is 18.9 Å². The molecule has 0 saturated carbocycles. The molecule has 0 unspecified atom stereocenters. The van der Waals surface area contributed by atoms with Crippen LogP contribution in [-0.4, -0.2) is 41.6 Å². The molecule has 3 heterocycles. The van der Waals surface area contributed by atoms with Crippen molar-refractivity contribution in [2.45, 2.75) is 24.8 Å². The molecule has 0 atom stereocenters. The van der Waals surface area contributed by atoms with Crippen LogP contribution in [0.5, 0.6) is 0 Å². The molecule has 0 aliphatic carbocycles. The molecule has 6 nitrogen and oxygen atoms in total. The van der Waals surface area contributed by atoms with Crippen LogP contribution in [0.2, 0.25) is 0 Å². The number of hydrogen-bond acceptors (Lipinski definition) is 5. The predicted molar refractivity (Wildman–Crippen MR) is 89.7 cm³/mol. The molecule has 0 spiro atoms. The Morgan fingerprint density at radius 3 is 2.83 bits per heavy atom. The van der Waals surface area contributed by atoms with Gasteiger partial charge in [0.25, 0.3) is 0 Å². The van der Waals surface area contributed by atoms with Gasteiger partial charge in [-0.2, -0.15) is 0 Å². The highest BCUT2D eigenvalue weighted by atomic mass is 32.2. The van der Waals surface area contributed by atoms with Crippen molar-refractivity contribution in [1.29, 1.82) is 0 Å². The molecule has 0 N–H and O–H groups in total. The summed E-state index contributed by atoms with van der Waals surface area (Å²) in [5.41, 5.74) is 1.12. The van der Waals surface area contributed by atoms with E-state index >= 15 is 0 Å². The van der Waals surface area contributed by atoms with Gasteiger partial charge >= 0.3 is 0 Å². The lowest BCUT2D eigenvalue weighted by molar-refractivity contribution is 0.233. The molecule has 2 aromatic heterocycles. The maximum Gasteiger partial charge on any atom is 0.193 e. The van der Waals surface area contributed by atoms with Gasteiger partial charge in [0.1, 0.15) is 0 Å². The zero-order valence-electron chi connectivity index (χ0n) is 12.7. The predicted octanol–water partition coefficient (Wildman–Crippen LogP) is 2.55. The standard InChI is InChI=1S/C16H18N6S/c1-2-5-14(6-3-1)15-18-19-16-22(15)12-21(13-23-16)9-4-8-20-10-7-17-11-20/h1-3,5-7,10-11H,4,8-9,12-13H2. The summed E-state index contributed by atoms with van der Waals surface area (Å²) >= 11 is 1.76. The summed E-state index contributed by atoms with van der Waals surface area (Å²) in [5.74, 6) is 1.92. The Kier molecular flexibility index (Phi) is 4.12. The number of imidazole rings is 1. The largest absolute Gasteiger partial charge is 0.337 e. The molecule has 0 fully saturated rings. The molecular formula is C16H18N6S. The minimum Gasteiger partial charge on any atom is -0.337 e. The van der Waals surface area contributed by atoms with E-state index in [0.717, 1.165) is 48.6 Å². The third-order valence-electron chi connectivity index (χ3n) is 3.92. The summed E-state index contributed by atoms with van der Waals surface area (Å²) in [6.07, 6.45) is 6.81. The van der Waals surface area contributed by atoms with E-state index in [1.54, 1.807) is 11.8 Å². The first-order valence-electron chi connectivity index (χ1n) is 7.70. The van der Waals surface area contributed by atoms with E-state index in [9.17, 15) is 0 Å². The number of fused-ring (bicyclic) bond motifs is 1. The summed E-state index contributed by atoms with van der Waals surface area (Å²) in [6, 6.07) is 10.3. The molecule has 1 aromatic carbocycles. The highest BCUT2D eigenvalue weighted by Gasteiger charge is 2.21. The average molecular weight is 326 g/mol. The highest BCUT2D eigenvalue weighted by Crippen LogP contribution is 2.28. The van der Waals surface area contributed by atoms with Crippen molar-refractivity contribution < 1.29 is 0 Å². The second-order valence-corrected chi connectivity index (χ2v) is 6.48. The molecule has 0 amide bonds. The topological polar surface area (TPSA) is 51.8 Å². The fourth-order valence-corrected chi connectivity index (χ4v) is 3.65. The van der Waals surface area contributed by atoms with Gasteiger partial charge in [0.15, 0.2) is 11.0 Å². The molecule has 118 valence electrons. The van der Waals surface area contributed by atoms with Crippen molar-refractivity contribution in [2.75, 3.05) is 12.4 Å². The van der Waals surface area contributed by atoms with Crippen molar-refractivity contribution in [3.63, 3.8) is 0 Å². The van der Waals surface area contributed by atoms with Crippen LogP contribution in [0.15, 0.2) is 54.2 Å². The van der Waals surface area contributed by atoms with E-state index in [2.05, 4.69) is 41.3 Å². The second kappa shape index (κ2) is 6.55. The fraction of sp³-hybridized carbons (Fsp3) is 0.312. The quantitative estimate of drug-likeness (QED) is 0.721. The second-order valence-electron chi connectivity index (χ2n) is 5.56. The van der Waals surface area contributed by atoms with Gasteiger partial charge in [0, 0.05) is 31.0 Å². The van der Waals surface area contributed by atoms with E-state index < -0.39 is 0 Å². The van der Waals surface area contributed by atoms with E-state index in [1.165, 1.54) is 0 Å². The van der Waals surface area contributed by atoms with Gasteiger partial charge in [0.2, 0.25) is 0 Å². The Hall–Kier alpha value is -2.12. The Bertz CT molecular complexity index is 752. The third-order valence-corrected chi connectivity index (χ3v) is 4.97. The van der Waals surface area contributed by atoms with Crippen molar-refractivity contribution in [3.8, 4) is 11.4 Å². The Balaban J connectivity index is 1.43. The highest BCUT2D eigenvalue weighted by molar-refractivity contribution is 7.99. The number of nitrogens with zero attached hydrogens (tertiary/aromatic N) is 6. The van der Waals surface area contributed by atoms with Gasteiger partial charge in [-0.05, 0) is 6.42 Å². The number of aromatic nitrogens is 5. The van der Waals surface area contributed by atoms with Crippen molar-refractivity contribution in [3.05, 3.63) is 49.1 Å². The normalized spacial score (nSPS) is 14.8. The third kappa shape index (κ3) is 3.16. The Morgan fingerprint density at radius 2 is 2.00 bits per heavy atom. The van der Waals surface area contributed by atoms with Crippen molar-refractivity contribution >= 4 is 11.8 Å². The zero-order chi connectivity index (χ0) is 15.5. The van der Waals surface area contributed by atoms with E-state index in [0.29, 0.717) is 0 Å². The SMILES string of the molecule is c1ccc(-c2nnc3n2CN(CCCn2ccnc2)CS3)cc1. The molecule has 3 aromatic rings. The van der Waals surface area contributed by atoms with Crippen LogP contribution in [0.25, 0.3) is 11.4 Å². The van der Waals surface area contributed by atoms with Gasteiger partial charge in [-0.15, -0.1) is 10.2 Å². The first kappa shape index (κ1) is 14.5. The number of hydrogen-bond donors (Lipinski definition) is 0. The summed E-state index contributed by atoms with van der Waals surface area (Å²) in [4.78, 5) is 6.52. The van der Waals surface area contributed by atoms with Crippen LogP contribution < -0.4 is 0 Å². The summed E-state index contributed by atoms with van der Waals surface area (Å²) < 4.78 is 4.33. The van der Waals surface area contributed by atoms with Crippen molar-refractivity contribution in [2.24, 2.45) is 0 Å². The number of aryl methyl sites for hydroxylation is 1. The number of rotatable bonds is 5. The van der Waals surface area contributed by atoms with Crippen LogP contribution in [0.1, 0.15) is 6.42 Å². The van der Waals surface area contributed by atoms with E-state index in [1.807, 2.05) is 36.9 Å². The van der Waals surface area contributed by atoms with Gasteiger partial charge < -0.3 is 4.57 Å². The maximum absolute atomic E-state index is 4.38. The molecule has 0 saturated heterocycles. The summed E-state index contributed by atoms with van der Waals surface area (Å²) in [7, 11) is 0. The molecular weight excluding hydrogens is 308 g/mol. The lowest BCUT2D eigenvalue weighted by atomic mass is 10.2. The average Bonchev–Trinajstić information content (AvgIpc) is 3.25. The molecule has 1 aliphatic heterocycles. The van der Waals surface area contributed by atoms with E-state index in [-0.39, 0.29) is 0 Å². The number of benzene rings is 1. The monoisotopic (exact) mass is 326 g/mol. The van der Waals surface area contributed by atoms with Gasteiger partial charge in [-0.25, -0.2) is 4.98 Å². The van der Waals surface area contributed by atoms with E-state index in [4.69, 9.17) is 0 Å². The lowest BCUT2D eigenvalue weighted by Crippen LogP contribution is -2.31. The van der Waals surface area contributed by atoms with Crippen LogP contribution in [0, 0.1) is 0 Å². The van der Waals surface area contributed by atoms with Crippen LogP contribution >= 0.6 is 11.8 Å². The van der Waals surface area contributed by atoms with Gasteiger partial charge in [-0.1, -0.05) is 42.1 Å². The first-order chi connectivity index (χ1) is 11.4. The number of thioether (sulfide) groups is 1. The molecule has 23 heavy (non-hydrogen) atoms. The molecule has 0 radical (unpaired) electrons. The first-order valence-corrected chi connectivity index (χ1v) is 8.68. The zero-order valence-corrected chi connectivity index (χ0v) is 13.6. The lowest BCUT2D eigenvalue weighted by Gasteiger charge is -2.27. The van der Waals surface area contributed by atoms with Gasteiger partial charge in [-0.3, -0.25) is 9.47 Å². The fourth-order valence-electron chi connectivity index (χ4n) is 2.74. The molecule has 4 rings (SSSR count). The van der Waals surface area contributed by atoms with Crippen LogP contribution in [0.4, 0.5) is 0 Å². The van der Waals surface area contributed by atoms with Crippen LogP contribution in [0.3, 0.4) is 0 Å². The smallest absolute Gasteiger partial charge is 0.193 e. The molecule has 7 heteroatoms. The minimum atomic E-state index is 0.851. The maximum atomic E-state index is 4.38. The molecule has 0 bridgehead atoms. The van der Waals surface area contributed by atoms with Crippen LogP contribution in [-0.2, 0) is 13.2 Å². The molecule has 1 aliphatic rings. The Labute approximate surface area is 139 Å². The summed E-state index contributed by atoms with van der Waals surface area (Å²) in [5, 5.41) is 9.71. The Morgan fingerprint density at radius 1 is 1.09 bits per heavy atom.